The molecular weight excluding hydrogens is 416 g/mol. The van der Waals surface area contributed by atoms with Gasteiger partial charge < -0.3 is 9.80 Å². The van der Waals surface area contributed by atoms with E-state index in [1.54, 1.807) is 4.90 Å². The molecule has 5 rings (SSSR count). The molecule has 3 aromatic rings. The van der Waals surface area contributed by atoms with Crippen LogP contribution in [0.2, 0.25) is 0 Å². The molecule has 0 aromatic heterocycles. The molecular formula is C30H35N4+. The number of hydrogen-bond donors (Lipinski definition) is 1. The predicted octanol–water partition coefficient (Wildman–Crippen LogP) is 4.27. The minimum absolute atomic E-state index is 0.0151. The zero-order valence-electron chi connectivity index (χ0n) is 20.5. The monoisotopic (exact) mass is 451 g/mol. The van der Waals surface area contributed by atoms with Crippen LogP contribution < -0.4 is 9.80 Å². The summed E-state index contributed by atoms with van der Waals surface area (Å²) in [5.41, 5.74) is 6.71. The number of quaternary nitrogens is 1. The first-order valence-corrected chi connectivity index (χ1v) is 12.3. The van der Waals surface area contributed by atoms with E-state index in [-0.39, 0.29) is 5.41 Å². The summed E-state index contributed by atoms with van der Waals surface area (Å²) in [7, 11) is 2.16. The summed E-state index contributed by atoms with van der Waals surface area (Å²) < 4.78 is 0. The predicted molar refractivity (Wildman–Crippen MR) is 141 cm³/mol. The Morgan fingerprint density at radius 2 is 1.38 bits per heavy atom. The van der Waals surface area contributed by atoms with Gasteiger partial charge in [-0.1, -0.05) is 92.7 Å². The Kier molecular flexibility index (Phi) is 6.25. The van der Waals surface area contributed by atoms with Crippen LogP contribution in [0.15, 0.2) is 102 Å². The van der Waals surface area contributed by atoms with E-state index in [9.17, 15) is 0 Å². The summed E-state index contributed by atoms with van der Waals surface area (Å²) in [6, 6.07) is 30.9. The summed E-state index contributed by atoms with van der Waals surface area (Å²) >= 11 is 0. The lowest BCUT2D eigenvalue weighted by Crippen LogP contribution is -3.15. The van der Waals surface area contributed by atoms with Crippen molar-refractivity contribution < 1.29 is 4.90 Å². The summed E-state index contributed by atoms with van der Waals surface area (Å²) in [5.74, 6) is 0. The van der Waals surface area contributed by atoms with Crippen LogP contribution in [0.5, 0.6) is 0 Å². The molecule has 2 aliphatic heterocycles. The number of para-hydroxylation sites is 1. The number of hydrogen-bond acceptors (Lipinski definition) is 3. The highest BCUT2D eigenvalue weighted by atomic mass is 15.5. The number of hydrazone groups is 1. The van der Waals surface area contributed by atoms with Crippen molar-refractivity contribution in [2.24, 2.45) is 5.10 Å². The Bertz CT molecular complexity index is 1120. The molecule has 4 nitrogen and oxygen atoms in total. The van der Waals surface area contributed by atoms with Crippen molar-refractivity contribution in [3.05, 3.63) is 113 Å². The lowest BCUT2D eigenvalue weighted by atomic mass is 9.84. The first kappa shape index (κ1) is 22.4. The van der Waals surface area contributed by atoms with Crippen molar-refractivity contribution in [1.82, 2.24) is 5.01 Å². The molecule has 174 valence electrons. The molecule has 2 aliphatic rings. The van der Waals surface area contributed by atoms with Gasteiger partial charge in [0, 0.05) is 41.2 Å². The molecule has 3 aromatic carbocycles. The molecule has 2 heterocycles. The Balaban J connectivity index is 1.27. The van der Waals surface area contributed by atoms with Crippen LogP contribution in [0.3, 0.4) is 0 Å². The van der Waals surface area contributed by atoms with Gasteiger partial charge in [-0.15, -0.1) is 0 Å². The topological polar surface area (TPSA) is 23.3 Å². The number of nitrogens with one attached hydrogen (secondary N) is 1. The third-order valence-electron chi connectivity index (χ3n) is 7.46. The highest BCUT2D eigenvalue weighted by Gasteiger charge is 2.37. The largest absolute Gasteiger partial charge is 0.347 e. The standard InChI is InChI=1S/C30H34N4/c1-30(2)26-16-10-11-17-27(26)32(3)28(30)18-19-31-34-22-20-33(21-23-34)29(24-12-6-4-7-13-24)25-14-8-5-9-15-25/h4-19,29H,20-23H2,1-3H3/p+1/b28-18+,31-19-. The van der Waals surface area contributed by atoms with Crippen molar-refractivity contribution in [3.63, 3.8) is 0 Å². The minimum atomic E-state index is -0.0151. The van der Waals surface area contributed by atoms with Crippen LogP contribution in [-0.4, -0.2) is 44.5 Å². The molecule has 0 spiro atoms. The summed E-state index contributed by atoms with van der Waals surface area (Å²) in [5, 5.41) is 7.07. The lowest BCUT2D eigenvalue weighted by molar-refractivity contribution is -0.929. The third kappa shape index (κ3) is 4.26. The highest BCUT2D eigenvalue weighted by Crippen LogP contribution is 2.46. The van der Waals surface area contributed by atoms with E-state index < -0.39 is 0 Å². The van der Waals surface area contributed by atoms with Gasteiger partial charge in [-0.2, -0.15) is 5.10 Å². The molecule has 0 aliphatic carbocycles. The zero-order chi connectivity index (χ0) is 23.5. The fraction of sp³-hybridized carbons (Fsp3) is 0.300. The number of piperazine rings is 1. The fourth-order valence-corrected chi connectivity index (χ4v) is 5.64. The second-order valence-corrected chi connectivity index (χ2v) is 9.88. The maximum absolute atomic E-state index is 4.84. The molecule has 0 saturated carbocycles. The van der Waals surface area contributed by atoms with Crippen LogP contribution in [0.4, 0.5) is 5.69 Å². The van der Waals surface area contributed by atoms with Crippen LogP contribution in [0.25, 0.3) is 0 Å². The first-order chi connectivity index (χ1) is 16.6. The molecule has 1 N–H and O–H groups in total. The molecule has 0 amide bonds. The van der Waals surface area contributed by atoms with Crippen molar-refractivity contribution >= 4 is 11.9 Å². The van der Waals surface area contributed by atoms with Crippen molar-refractivity contribution in [3.8, 4) is 0 Å². The second-order valence-electron chi connectivity index (χ2n) is 9.88. The molecule has 0 unspecified atom stereocenters. The molecule has 4 heteroatoms. The Morgan fingerprint density at radius 1 is 0.824 bits per heavy atom. The van der Waals surface area contributed by atoms with Gasteiger partial charge in [0.25, 0.3) is 0 Å². The first-order valence-electron chi connectivity index (χ1n) is 12.3. The van der Waals surface area contributed by atoms with E-state index in [1.807, 2.05) is 6.21 Å². The average molecular weight is 452 g/mol. The lowest BCUT2D eigenvalue weighted by Gasteiger charge is -2.36. The van der Waals surface area contributed by atoms with Crippen LogP contribution in [0, 0.1) is 0 Å². The van der Waals surface area contributed by atoms with Gasteiger partial charge in [-0.3, -0.25) is 5.01 Å². The van der Waals surface area contributed by atoms with Gasteiger partial charge in [0.05, 0.1) is 26.2 Å². The van der Waals surface area contributed by atoms with Gasteiger partial charge in [0.2, 0.25) is 0 Å². The zero-order valence-corrected chi connectivity index (χ0v) is 20.5. The minimum Gasteiger partial charge on any atom is -0.347 e. The number of likely N-dealkylation sites (N-methyl/N-ethyl adjacent to an activating group) is 1. The van der Waals surface area contributed by atoms with Gasteiger partial charge >= 0.3 is 0 Å². The molecule has 34 heavy (non-hydrogen) atoms. The molecule has 1 fully saturated rings. The fourth-order valence-electron chi connectivity index (χ4n) is 5.64. The van der Waals surface area contributed by atoms with Crippen molar-refractivity contribution in [2.75, 3.05) is 38.1 Å². The molecule has 1 saturated heterocycles. The second kappa shape index (κ2) is 9.47. The Morgan fingerprint density at radius 3 is 1.97 bits per heavy atom. The smallest absolute Gasteiger partial charge is 0.139 e. The van der Waals surface area contributed by atoms with Crippen molar-refractivity contribution in [1.29, 1.82) is 0 Å². The van der Waals surface area contributed by atoms with E-state index in [4.69, 9.17) is 5.10 Å². The maximum Gasteiger partial charge on any atom is 0.139 e. The molecule has 0 bridgehead atoms. The average Bonchev–Trinajstić information content (AvgIpc) is 3.07. The molecule has 0 radical (unpaired) electrons. The molecule has 0 atom stereocenters. The highest BCUT2D eigenvalue weighted by molar-refractivity contribution is 5.79. The van der Waals surface area contributed by atoms with Crippen molar-refractivity contribution in [2.45, 2.75) is 25.3 Å². The van der Waals surface area contributed by atoms with E-state index in [1.165, 1.54) is 28.1 Å². The SMILES string of the molecule is CN1/C(=C/C=N\N2CC[NH+](C(c3ccccc3)c3ccccc3)CC2)C(C)(C)c2ccccc21. The summed E-state index contributed by atoms with van der Waals surface area (Å²) in [6.07, 6.45) is 4.19. The third-order valence-corrected chi connectivity index (χ3v) is 7.46. The summed E-state index contributed by atoms with van der Waals surface area (Å²) in [4.78, 5) is 3.91. The van der Waals surface area contributed by atoms with E-state index in [2.05, 4.69) is 122 Å². The van der Waals surface area contributed by atoms with Crippen LogP contribution in [0.1, 0.15) is 36.6 Å². The Labute approximate surface area is 203 Å². The quantitative estimate of drug-likeness (QED) is 0.586. The normalized spacial score (nSPS) is 19.4. The van der Waals surface area contributed by atoms with Crippen LogP contribution in [-0.2, 0) is 5.41 Å². The number of allylic oxidation sites excluding steroid dienone is 2. The number of anilines is 1. The maximum atomic E-state index is 4.84. The van der Waals surface area contributed by atoms with E-state index >= 15 is 0 Å². The number of benzene rings is 3. The summed E-state index contributed by atoms with van der Waals surface area (Å²) in [6.45, 7) is 8.66. The van der Waals surface area contributed by atoms with Gasteiger partial charge in [0.1, 0.15) is 6.04 Å². The van der Waals surface area contributed by atoms with E-state index in [0.29, 0.717) is 6.04 Å². The number of rotatable bonds is 5. The number of nitrogens with zero attached hydrogens (tertiary/aromatic N) is 3. The van der Waals surface area contributed by atoms with Gasteiger partial charge in [-0.25, -0.2) is 0 Å². The Hall–Kier alpha value is -3.37. The number of fused-ring (bicyclic) bond motifs is 1. The van der Waals surface area contributed by atoms with E-state index in [0.717, 1.165) is 26.2 Å². The van der Waals surface area contributed by atoms with Gasteiger partial charge in [0.15, 0.2) is 0 Å². The van der Waals surface area contributed by atoms with Crippen LogP contribution >= 0.6 is 0 Å². The van der Waals surface area contributed by atoms with Gasteiger partial charge in [-0.05, 0) is 17.7 Å².